The van der Waals surface area contributed by atoms with Crippen molar-refractivity contribution in [3.05, 3.63) is 94.3 Å². The molecule has 0 fully saturated rings. The summed E-state index contributed by atoms with van der Waals surface area (Å²) in [6.45, 7) is 0. The molecule has 2 aromatic heterocycles. The number of anilines is 1. The van der Waals surface area contributed by atoms with Crippen molar-refractivity contribution in [2.45, 2.75) is 0 Å². The van der Waals surface area contributed by atoms with E-state index >= 15 is 0 Å². The van der Waals surface area contributed by atoms with E-state index in [9.17, 15) is 9.59 Å². The molecule has 0 aliphatic carbocycles. The second kappa shape index (κ2) is 9.40. The minimum atomic E-state index is -0.749. The number of fused-ring (bicyclic) bond motifs is 2. The number of carbonyl (C=O) groups excluding carboxylic acids is 1. The topological polar surface area (TPSA) is 94.2 Å². The molecule has 2 heterocycles. The maximum absolute atomic E-state index is 13.6. The van der Waals surface area contributed by atoms with Crippen LogP contribution in [0, 0.1) is 0 Å². The van der Waals surface area contributed by atoms with Crippen LogP contribution in [0.2, 0.25) is 0 Å². The summed E-state index contributed by atoms with van der Waals surface area (Å²) in [6.07, 6.45) is 1.52. The van der Waals surface area contributed by atoms with Crippen molar-refractivity contribution >= 4 is 49.8 Å². The zero-order valence-corrected chi connectivity index (χ0v) is 19.6. The Bertz CT molecular complexity index is 1620. The summed E-state index contributed by atoms with van der Waals surface area (Å²) in [7, 11) is 3.16. The van der Waals surface area contributed by atoms with Gasteiger partial charge in [-0.1, -0.05) is 29.5 Å². The van der Waals surface area contributed by atoms with Crippen molar-refractivity contribution in [1.29, 1.82) is 0 Å². The molecule has 5 rings (SSSR count). The molecular weight excluding hydrogens is 466 g/mol. The quantitative estimate of drug-likeness (QED) is 0.189. The fourth-order valence-electron chi connectivity index (χ4n) is 3.44. The summed E-state index contributed by atoms with van der Waals surface area (Å²) >= 11 is 1.26. The van der Waals surface area contributed by atoms with Gasteiger partial charge in [-0.3, -0.25) is 4.79 Å². The van der Waals surface area contributed by atoms with Crippen LogP contribution >= 0.6 is 11.3 Å². The van der Waals surface area contributed by atoms with Crippen LogP contribution in [0.1, 0.15) is 15.9 Å². The molecule has 0 aliphatic heterocycles. The van der Waals surface area contributed by atoms with E-state index in [1.165, 1.54) is 23.6 Å². The van der Waals surface area contributed by atoms with Crippen molar-refractivity contribution in [3.8, 4) is 11.5 Å². The first-order valence-corrected chi connectivity index (χ1v) is 11.4. The summed E-state index contributed by atoms with van der Waals surface area (Å²) in [5.74, 6) is 0.715. The van der Waals surface area contributed by atoms with E-state index in [-0.39, 0.29) is 5.56 Å². The van der Waals surface area contributed by atoms with Gasteiger partial charge in [0.1, 0.15) is 22.6 Å². The lowest BCUT2D eigenvalue weighted by Crippen LogP contribution is -2.30. The van der Waals surface area contributed by atoms with Crippen molar-refractivity contribution in [3.63, 3.8) is 0 Å². The van der Waals surface area contributed by atoms with Gasteiger partial charge >= 0.3 is 5.63 Å². The average molecular weight is 486 g/mol. The Hall–Kier alpha value is -4.50. The van der Waals surface area contributed by atoms with Crippen molar-refractivity contribution in [2.24, 2.45) is 5.10 Å². The molecule has 0 aliphatic rings. The summed E-state index contributed by atoms with van der Waals surface area (Å²) in [4.78, 5) is 30.9. The molecule has 35 heavy (non-hydrogen) atoms. The van der Waals surface area contributed by atoms with Gasteiger partial charge in [-0.05, 0) is 60.2 Å². The zero-order chi connectivity index (χ0) is 24.4. The molecule has 5 aromatic rings. The fourth-order valence-corrected chi connectivity index (χ4v) is 4.39. The molecule has 0 saturated heterocycles. The molecule has 174 valence electrons. The number of para-hydroxylation sites is 1. The maximum Gasteiger partial charge on any atom is 0.349 e. The minimum absolute atomic E-state index is 0.146. The van der Waals surface area contributed by atoms with E-state index in [4.69, 9.17) is 13.9 Å². The van der Waals surface area contributed by atoms with Crippen molar-refractivity contribution in [2.75, 3.05) is 19.2 Å². The standard InChI is InChI=1S/C26H19N3O5S/c1-32-18-9-7-16(8-10-18)15-27-29(26-28-21-12-11-19(33-2)14-23(21)35-26)24(30)20-13-17-5-3-4-6-22(17)34-25(20)31/h3-15H,1-2H3/b27-15+. The van der Waals surface area contributed by atoms with Gasteiger partial charge in [-0.2, -0.15) is 10.1 Å². The number of methoxy groups -OCH3 is 2. The molecule has 1 amide bonds. The Kier molecular flexibility index (Phi) is 5.99. The normalized spacial score (nSPS) is 11.3. The molecule has 0 atom stereocenters. The summed E-state index contributed by atoms with van der Waals surface area (Å²) in [6, 6.07) is 21.1. The molecule has 3 aromatic carbocycles. The van der Waals surface area contributed by atoms with Crippen molar-refractivity contribution in [1.82, 2.24) is 4.98 Å². The second-order valence-corrected chi connectivity index (χ2v) is 8.46. The third-order valence-electron chi connectivity index (χ3n) is 5.27. The van der Waals surface area contributed by atoms with Crippen LogP contribution < -0.4 is 20.1 Å². The maximum atomic E-state index is 13.6. The molecule has 9 heteroatoms. The van der Waals surface area contributed by atoms with Gasteiger partial charge in [0.05, 0.1) is 30.7 Å². The molecule has 0 unspecified atom stereocenters. The van der Waals surface area contributed by atoms with Crippen LogP contribution in [0.25, 0.3) is 21.2 Å². The van der Waals surface area contributed by atoms with E-state index < -0.39 is 11.5 Å². The highest BCUT2D eigenvalue weighted by atomic mass is 32.1. The van der Waals surface area contributed by atoms with Crippen LogP contribution in [0.15, 0.2) is 87.1 Å². The fraction of sp³-hybridized carbons (Fsp3) is 0.0769. The Morgan fingerprint density at radius 2 is 1.74 bits per heavy atom. The Morgan fingerprint density at radius 3 is 2.51 bits per heavy atom. The van der Waals surface area contributed by atoms with Crippen LogP contribution in [0.4, 0.5) is 5.13 Å². The smallest absolute Gasteiger partial charge is 0.349 e. The number of hydrogen-bond acceptors (Lipinski definition) is 8. The van der Waals surface area contributed by atoms with E-state index in [0.717, 1.165) is 15.3 Å². The third kappa shape index (κ3) is 4.49. The highest BCUT2D eigenvalue weighted by molar-refractivity contribution is 7.22. The van der Waals surface area contributed by atoms with Crippen LogP contribution in [-0.2, 0) is 0 Å². The molecule has 0 saturated carbocycles. The minimum Gasteiger partial charge on any atom is -0.497 e. The molecule has 0 radical (unpaired) electrons. The number of carbonyl (C=O) groups is 1. The Morgan fingerprint density at radius 1 is 1.00 bits per heavy atom. The number of thiazole rings is 1. The van der Waals surface area contributed by atoms with E-state index in [0.29, 0.717) is 33.1 Å². The van der Waals surface area contributed by atoms with Gasteiger partial charge in [-0.15, -0.1) is 0 Å². The predicted octanol–water partition coefficient (Wildman–Crippen LogP) is 5.10. The van der Waals surface area contributed by atoms with Crippen LogP contribution in [-0.4, -0.2) is 31.3 Å². The second-order valence-electron chi connectivity index (χ2n) is 7.45. The SMILES string of the molecule is COc1ccc(/C=N/N(C(=O)c2cc3ccccc3oc2=O)c2nc3ccc(OC)cc3s2)cc1. The van der Waals surface area contributed by atoms with Gasteiger partial charge in [0, 0.05) is 5.39 Å². The largest absolute Gasteiger partial charge is 0.497 e. The van der Waals surface area contributed by atoms with Gasteiger partial charge in [0.25, 0.3) is 5.91 Å². The van der Waals surface area contributed by atoms with Crippen LogP contribution in [0.3, 0.4) is 0 Å². The lowest BCUT2D eigenvalue weighted by Gasteiger charge is -2.13. The number of rotatable bonds is 6. The van der Waals surface area contributed by atoms with Gasteiger partial charge in [0.15, 0.2) is 0 Å². The van der Waals surface area contributed by atoms with Crippen molar-refractivity contribution < 1.29 is 18.7 Å². The molecule has 0 bridgehead atoms. The Balaban J connectivity index is 1.60. The monoisotopic (exact) mass is 485 g/mol. The molecule has 0 N–H and O–H groups in total. The van der Waals surface area contributed by atoms with Gasteiger partial charge in [-0.25, -0.2) is 9.78 Å². The number of benzene rings is 3. The number of aromatic nitrogens is 1. The first-order valence-electron chi connectivity index (χ1n) is 10.6. The number of amides is 1. The lowest BCUT2D eigenvalue weighted by atomic mass is 10.2. The zero-order valence-electron chi connectivity index (χ0n) is 18.8. The summed E-state index contributed by atoms with van der Waals surface area (Å²) in [5, 5.41) is 6.45. The number of ether oxygens (including phenoxy) is 2. The highest BCUT2D eigenvalue weighted by Crippen LogP contribution is 2.32. The molecule has 8 nitrogen and oxygen atoms in total. The first-order chi connectivity index (χ1) is 17.1. The molecular formula is C26H19N3O5S. The number of hydrogen-bond donors (Lipinski definition) is 0. The van der Waals surface area contributed by atoms with E-state index in [1.807, 2.05) is 6.07 Å². The average Bonchev–Trinajstić information content (AvgIpc) is 3.31. The van der Waals surface area contributed by atoms with Gasteiger partial charge < -0.3 is 13.9 Å². The summed E-state index contributed by atoms with van der Waals surface area (Å²) < 4.78 is 16.7. The number of nitrogens with zero attached hydrogens (tertiary/aromatic N) is 3. The molecule has 0 spiro atoms. The Labute approximate surface area is 203 Å². The summed E-state index contributed by atoms with van der Waals surface area (Å²) in [5.41, 5.74) is 0.911. The predicted molar refractivity (Wildman–Crippen MR) is 136 cm³/mol. The van der Waals surface area contributed by atoms with Crippen LogP contribution in [0.5, 0.6) is 11.5 Å². The van der Waals surface area contributed by atoms with E-state index in [1.54, 1.807) is 74.9 Å². The number of hydrazone groups is 1. The first kappa shape index (κ1) is 22.3. The van der Waals surface area contributed by atoms with E-state index in [2.05, 4.69) is 10.1 Å². The highest BCUT2D eigenvalue weighted by Gasteiger charge is 2.25. The van der Waals surface area contributed by atoms with Gasteiger partial charge in [0.2, 0.25) is 5.13 Å². The third-order valence-corrected chi connectivity index (χ3v) is 6.26. The lowest BCUT2D eigenvalue weighted by molar-refractivity contribution is 0.0984.